The average molecular weight is 185 g/mol. The zero-order valence-corrected chi connectivity index (χ0v) is 7.34. The van der Waals surface area contributed by atoms with E-state index in [0.29, 0.717) is 5.56 Å². The Kier molecular flexibility index (Phi) is 3.72. The molecule has 1 aromatic rings. The van der Waals surface area contributed by atoms with Crippen molar-refractivity contribution in [3.05, 3.63) is 35.9 Å². The first-order chi connectivity index (χ1) is 6.88. The molecule has 0 spiro atoms. The summed E-state index contributed by atoms with van der Waals surface area (Å²) >= 11 is 0. The largest absolute Gasteiger partial charge is 0.379 e. The Bertz CT molecular complexity index is 398. The number of nitriles is 2. The number of hydrogen-bond acceptors (Lipinski definition) is 4. The van der Waals surface area contributed by atoms with Crippen molar-refractivity contribution >= 4 is 5.71 Å². The van der Waals surface area contributed by atoms with Crippen LogP contribution in [0.3, 0.4) is 0 Å². The Morgan fingerprint density at radius 1 is 1.29 bits per heavy atom. The molecule has 0 aliphatic heterocycles. The van der Waals surface area contributed by atoms with Gasteiger partial charge in [-0.25, -0.2) is 0 Å². The van der Waals surface area contributed by atoms with Crippen molar-refractivity contribution in [2.45, 2.75) is 0 Å². The molecular formula is C10H7N3O. The molecule has 0 bridgehead atoms. The fourth-order valence-electron chi connectivity index (χ4n) is 0.859. The van der Waals surface area contributed by atoms with Crippen molar-refractivity contribution in [3.8, 4) is 12.1 Å². The van der Waals surface area contributed by atoms with Crippen molar-refractivity contribution in [1.29, 1.82) is 10.5 Å². The van der Waals surface area contributed by atoms with Gasteiger partial charge < -0.3 is 4.84 Å². The summed E-state index contributed by atoms with van der Waals surface area (Å²) < 4.78 is 0. The maximum Gasteiger partial charge on any atom is 0.202 e. The fraction of sp³-hybridized carbons (Fsp3) is 0.100. The van der Waals surface area contributed by atoms with E-state index in [4.69, 9.17) is 10.5 Å². The van der Waals surface area contributed by atoms with Crippen LogP contribution in [-0.4, -0.2) is 12.3 Å². The Hall–Kier alpha value is -2.33. The molecule has 0 N–H and O–H groups in total. The molecule has 0 aliphatic carbocycles. The van der Waals surface area contributed by atoms with Crippen LogP contribution in [0.1, 0.15) is 5.56 Å². The van der Waals surface area contributed by atoms with E-state index in [-0.39, 0.29) is 12.3 Å². The summed E-state index contributed by atoms with van der Waals surface area (Å²) in [5, 5.41) is 20.5. The molecule has 0 aromatic heterocycles. The second kappa shape index (κ2) is 5.34. The third-order valence-electron chi connectivity index (χ3n) is 1.44. The Morgan fingerprint density at radius 3 is 2.57 bits per heavy atom. The number of nitrogens with zero attached hydrogens (tertiary/aromatic N) is 3. The third kappa shape index (κ3) is 2.62. The lowest BCUT2D eigenvalue weighted by Gasteiger charge is -1.96. The molecule has 0 unspecified atom stereocenters. The van der Waals surface area contributed by atoms with Crippen molar-refractivity contribution in [2.75, 3.05) is 6.61 Å². The summed E-state index contributed by atoms with van der Waals surface area (Å²) in [5.74, 6) is 0. The standard InChI is InChI=1S/C10H7N3O/c11-6-7-14-13-10(8-12)9-4-2-1-3-5-9/h1-5H,7H2. The molecule has 0 amide bonds. The highest BCUT2D eigenvalue weighted by molar-refractivity contribution is 6.11. The van der Waals surface area contributed by atoms with Gasteiger partial charge in [0.05, 0.1) is 0 Å². The van der Waals surface area contributed by atoms with Crippen molar-refractivity contribution < 1.29 is 4.84 Å². The lowest BCUT2D eigenvalue weighted by Crippen LogP contribution is -1.98. The molecule has 0 radical (unpaired) electrons. The molecule has 0 fully saturated rings. The van der Waals surface area contributed by atoms with Crippen LogP contribution in [0.5, 0.6) is 0 Å². The van der Waals surface area contributed by atoms with E-state index < -0.39 is 0 Å². The summed E-state index contributed by atoms with van der Waals surface area (Å²) in [6, 6.07) is 12.6. The average Bonchev–Trinajstić information content (AvgIpc) is 2.26. The van der Waals surface area contributed by atoms with Crippen LogP contribution in [0.2, 0.25) is 0 Å². The Morgan fingerprint density at radius 2 is 2.00 bits per heavy atom. The van der Waals surface area contributed by atoms with Gasteiger partial charge in [0.1, 0.15) is 12.1 Å². The van der Waals surface area contributed by atoms with E-state index >= 15 is 0 Å². The van der Waals surface area contributed by atoms with Crippen LogP contribution in [0.4, 0.5) is 0 Å². The van der Waals surface area contributed by atoms with Gasteiger partial charge in [-0.3, -0.25) is 0 Å². The first-order valence-corrected chi connectivity index (χ1v) is 3.91. The summed E-state index contributed by atoms with van der Waals surface area (Å²) in [5.41, 5.74) is 0.841. The van der Waals surface area contributed by atoms with Gasteiger partial charge in [0.25, 0.3) is 0 Å². The molecule has 0 saturated carbocycles. The van der Waals surface area contributed by atoms with Crippen LogP contribution in [0.25, 0.3) is 0 Å². The van der Waals surface area contributed by atoms with E-state index in [1.807, 2.05) is 12.1 Å². The van der Waals surface area contributed by atoms with E-state index in [9.17, 15) is 0 Å². The predicted molar refractivity (Wildman–Crippen MR) is 50.2 cm³/mol. The monoisotopic (exact) mass is 185 g/mol. The molecule has 0 heterocycles. The number of oxime groups is 1. The fourth-order valence-corrected chi connectivity index (χ4v) is 0.859. The van der Waals surface area contributed by atoms with Crippen LogP contribution < -0.4 is 0 Å². The normalized spacial score (nSPS) is 10.0. The summed E-state index contributed by atoms with van der Waals surface area (Å²) in [7, 11) is 0. The minimum Gasteiger partial charge on any atom is -0.379 e. The SMILES string of the molecule is N#CCON=C(C#N)c1ccccc1. The van der Waals surface area contributed by atoms with E-state index in [2.05, 4.69) is 9.99 Å². The molecule has 1 aromatic carbocycles. The molecule has 68 valence electrons. The van der Waals surface area contributed by atoms with Crippen LogP contribution >= 0.6 is 0 Å². The zero-order valence-electron chi connectivity index (χ0n) is 7.34. The van der Waals surface area contributed by atoms with Gasteiger partial charge in [0.2, 0.25) is 6.61 Å². The van der Waals surface area contributed by atoms with E-state index in [0.717, 1.165) is 0 Å². The molecular weight excluding hydrogens is 178 g/mol. The van der Waals surface area contributed by atoms with Crippen LogP contribution in [-0.2, 0) is 4.84 Å². The Balaban J connectivity index is 2.80. The smallest absolute Gasteiger partial charge is 0.202 e. The second-order valence-electron chi connectivity index (χ2n) is 2.35. The quantitative estimate of drug-likeness (QED) is 0.406. The highest BCUT2D eigenvalue weighted by Crippen LogP contribution is 2.00. The van der Waals surface area contributed by atoms with E-state index in [1.54, 1.807) is 30.3 Å². The molecule has 4 nitrogen and oxygen atoms in total. The van der Waals surface area contributed by atoms with Gasteiger partial charge in [-0.2, -0.15) is 10.5 Å². The van der Waals surface area contributed by atoms with Crippen molar-refractivity contribution in [1.82, 2.24) is 0 Å². The minimum absolute atomic E-state index is 0.155. The molecule has 1 rings (SSSR count). The van der Waals surface area contributed by atoms with Gasteiger partial charge in [-0.1, -0.05) is 35.5 Å². The van der Waals surface area contributed by atoms with Crippen molar-refractivity contribution in [3.63, 3.8) is 0 Å². The summed E-state index contributed by atoms with van der Waals surface area (Å²) in [4.78, 5) is 4.59. The first kappa shape index (κ1) is 9.76. The zero-order chi connectivity index (χ0) is 10.2. The second-order valence-corrected chi connectivity index (χ2v) is 2.35. The van der Waals surface area contributed by atoms with Gasteiger partial charge in [-0.15, -0.1) is 0 Å². The molecule has 0 aliphatic rings. The number of hydrogen-bond donors (Lipinski definition) is 0. The maximum atomic E-state index is 8.74. The molecule has 14 heavy (non-hydrogen) atoms. The predicted octanol–water partition coefficient (Wildman–Crippen LogP) is 1.45. The highest BCUT2D eigenvalue weighted by Gasteiger charge is 2.00. The third-order valence-corrected chi connectivity index (χ3v) is 1.44. The lowest BCUT2D eigenvalue weighted by molar-refractivity contribution is 0.179. The van der Waals surface area contributed by atoms with Crippen molar-refractivity contribution in [2.24, 2.45) is 5.16 Å². The molecule has 0 atom stereocenters. The topological polar surface area (TPSA) is 69.2 Å². The Labute approximate surface area is 81.6 Å². The van der Waals surface area contributed by atoms with Crippen LogP contribution in [0, 0.1) is 22.7 Å². The first-order valence-electron chi connectivity index (χ1n) is 3.91. The van der Waals surface area contributed by atoms with Gasteiger partial charge in [0, 0.05) is 5.56 Å². The summed E-state index contributed by atoms with van der Waals surface area (Å²) in [6.07, 6.45) is 0. The number of rotatable bonds is 3. The minimum atomic E-state index is -0.155. The molecule has 0 saturated heterocycles. The number of benzene rings is 1. The van der Waals surface area contributed by atoms with E-state index in [1.165, 1.54) is 0 Å². The van der Waals surface area contributed by atoms with Crippen LogP contribution in [0.15, 0.2) is 35.5 Å². The van der Waals surface area contributed by atoms with Gasteiger partial charge in [-0.05, 0) is 0 Å². The summed E-state index contributed by atoms with van der Waals surface area (Å²) in [6.45, 7) is -0.155. The maximum absolute atomic E-state index is 8.74. The highest BCUT2D eigenvalue weighted by atomic mass is 16.6. The van der Waals surface area contributed by atoms with Gasteiger partial charge >= 0.3 is 0 Å². The van der Waals surface area contributed by atoms with Gasteiger partial charge in [0.15, 0.2) is 5.71 Å². The lowest BCUT2D eigenvalue weighted by atomic mass is 10.1. The molecule has 4 heteroatoms.